The summed E-state index contributed by atoms with van der Waals surface area (Å²) in [6, 6.07) is 2.93. The first-order valence-electron chi connectivity index (χ1n) is 10.2. The lowest BCUT2D eigenvalue weighted by atomic mass is 10.1. The van der Waals surface area contributed by atoms with Gasteiger partial charge in [-0.15, -0.1) is 0 Å². The van der Waals surface area contributed by atoms with Crippen LogP contribution in [0, 0.1) is 11.6 Å². The van der Waals surface area contributed by atoms with E-state index in [0.717, 1.165) is 25.5 Å². The Labute approximate surface area is 181 Å². The summed E-state index contributed by atoms with van der Waals surface area (Å²) in [6.07, 6.45) is 2.54. The maximum absolute atomic E-state index is 13.8. The summed E-state index contributed by atoms with van der Waals surface area (Å²) in [5, 5.41) is 12.9. The van der Waals surface area contributed by atoms with E-state index in [-0.39, 0.29) is 36.1 Å². The molecule has 0 spiro atoms. The van der Waals surface area contributed by atoms with Crippen LogP contribution in [0.5, 0.6) is 5.75 Å². The average Bonchev–Trinajstić information content (AvgIpc) is 3.24. The second-order valence-electron chi connectivity index (χ2n) is 8.45. The number of amides is 2. The lowest BCUT2D eigenvalue weighted by Gasteiger charge is -2.36. The highest BCUT2D eigenvalue weighted by atomic mass is 19.1. The van der Waals surface area contributed by atoms with E-state index < -0.39 is 40.3 Å². The van der Waals surface area contributed by atoms with Crippen molar-refractivity contribution in [2.45, 2.75) is 37.8 Å². The number of hydrogen-bond acceptors (Lipinski definition) is 6. The molecule has 0 unspecified atom stereocenters. The predicted octanol–water partition coefficient (Wildman–Crippen LogP) is 0.308. The molecule has 0 bridgehead atoms. The molecule has 168 valence electrons. The SMILES string of the molecule is N[C@]12CCCN1[C@@H]1Cn3cc(C(=O)NCc4ccc(F)cc4F)c(=O)c(O)c3C(=O)N1C2. The highest BCUT2D eigenvalue weighted by Gasteiger charge is 2.54. The minimum Gasteiger partial charge on any atom is -0.503 e. The summed E-state index contributed by atoms with van der Waals surface area (Å²) >= 11 is 0. The number of nitrogens with zero attached hydrogens (tertiary/aromatic N) is 3. The van der Waals surface area contributed by atoms with Crippen LogP contribution in [0.15, 0.2) is 29.2 Å². The monoisotopic (exact) mass is 445 g/mol. The van der Waals surface area contributed by atoms with E-state index in [1.54, 1.807) is 4.90 Å². The minimum absolute atomic E-state index is 0.0344. The second kappa shape index (κ2) is 7.10. The van der Waals surface area contributed by atoms with Gasteiger partial charge in [0.15, 0.2) is 11.4 Å². The molecule has 2 atom stereocenters. The van der Waals surface area contributed by atoms with Crippen LogP contribution in [0.4, 0.5) is 8.78 Å². The Morgan fingerprint density at radius 3 is 2.84 bits per heavy atom. The summed E-state index contributed by atoms with van der Waals surface area (Å²) in [4.78, 5) is 41.9. The third kappa shape index (κ3) is 3.00. The third-order valence-corrected chi connectivity index (χ3v) is 6.52. The van der Waals surface area contributed by atoms with E-state index in [1.807, 2.05) is 4.90 Å². The van der Waals surface area contributed by atoms with Crippen molar-refractivity contribution in [2.75, 3.05) is 13.1 Å². The fraction of sp³-hybridized carbons (Fsp3) is 0.381. The van der Waals surface area contributed by atoms with Crippen LogP contribution >= 0.6 is 0 Å². The quantitative estimate of drug-likeness (QED) is 0.625. The fourth-order valence-electron chi connectivity index (χ4n) is 4.94. The van der Waals surface area contributed by atoms with Gasteiger partial charge in [-0.2, -0.15) is 0 Å². The molecule has 2 amide bonds. The predicted molar refractivity (Wildman–Crippen MR) is 108 cm³/mol. The molecule has 11 heteroatoms. The number of aromatic hydroxyl groups is 1. The van der Waals surface area contributed by atoms with E-state index in [2.05, 4.69) is 5.32 Å². The molecule has 0 radical (unpaired) electrons. The minimum atomic E-state index is -0.998. The van der Waals surface area contributed by atoms with Gasteiger partial charge in [0.2, 0.25) is 5.43 Å². The van der Waals surface area contributed by atoms with Crippen LogP contribution in [-0.2, 0) is 13.1 Å². The van der Waals surface area contributed by atoms with Crippen molar-refractivity contribution >= 4 is 11.8 Å². The molecular weight excluding hydrogens is 424 g/mol. The van der Waals surface area contributed by atoms with Crippen LogP contribution in [0.1, 0.15) is 39.3 Å². The van der Waals surface area contributed by atoms with Gasteiger partial charge in [0.1, 0.15) is 23.4 Å². The molecular formula is C21H21F2N5O4. The Kier molecular flexibility index (Phi) is 4.57. The first-order chi connectivity index (χ1) is 15.2. The van der Waals surface area contributed by atoms with Crippen LogP contribution < -0.4 is 16.5 Å². The number of fused-ring (bicyclic) bond motifs is 4. The first kappa shape index (κ1) is 20.6. The van der Waals surface area contributed by atoms with E-state index >= 15 is 0 Å². The van der Waals surface area contributed by atoms with Crippen LogP contribution in [0.25, 0.3) is 0 Å². The summed E-state index contributed by atoms with van der Waals surface area (Å²) in [7, 11) is 0. The number of halogens is 2. The zero-order valence-corrected chi connectivity index (χ0v) is 17.0. The van der Waals surface area contributed by atoms with Crippen molar-refractivity contribution in [1.29, 1.82) is 0 Å². The highest BCUT2D eigenvalue weighted by molar-refractivity contribution is 5.99. The molecule has 1 aromatic carbocycles. The lowest BCUT2D eigenvalue weighted by molar-refractivity contribution is 0.0490. The number of carbonyl (C=O) groups is 2. The van der Waals surface area contributed by atoms with Gasteiger partial charge >= 0.3 is 0 Å². The number of nitrogens with one attached hydrogen (secondary N) is 1. The average molecular weight is 445 g/mol. The molecule has 2 saturated heterocycles. The van der Waals surface area contributed by atoms with E-state index in [4.69, 9.17) is 5.73 Å². The molecule has 3 aliphatic rings. The molecule has 32 heavy (non-hydrogen) atoms. The lowest BCUT2D eigenvalue weighted by Crippen LogP contribution is -2.53. The Balaban J connectivity index is 1.44. The molecule has 5 rings (SSSR count). The topological polar surface area (TPSA) is 121 Å². The zero-order valence-electron chi connectivity index (χ0n) is 17.0. The number of benzene rings is 1. The molecule has 1 aromatic heterocycles. The fourth-order valence-corrected chi connectivity index (χ4v) is 4.94. The molecule has 0 saturated carbocycles. The highest BCUT2D eigenvalue weighted by Crippen LogP contribution is 2.39. The number of carbonyl (C=O) groups excluding carboxylic acids is 2. The zero-order chi connectivity index (χ0) is 22.8. The van der Waals surface area contributed by atoms with Crippen LogP contribution in [-0.4, -0.2) is 56.2 Å². The number of nitrogens with two attached hydrogens (primary N) is 1. The van der Waals surface area contributed by atoms with Crippen molar-refractivity contribution in [3.05, 3.63) is 63.1 Å². The van der Waals surface area contributed by atoms with Crippen molar-refractivity contribution in [3.8, 4) is 5.75 Å². The standard InChI is InChI=1S/C21H21F2N5O4/c22-12-3-2-11(14(23)6-12)7-25-19(31)13-8-26-9-15-27(10-21(24)4-1-5-28(15)21)20(32)16(26)18(30)17(13)29/h2-3,6,8,15,30H,1,4-5,7,9-10,24H2,(H,25,31)/t15-,21-/m1/s1. The van der Waals surface area contributed by atoms with Gasteiger partial charge < -0.3 is 25.6 Å². The molecule has 4 heterocycles. The number of hydrogen-bond donors (Lipinski definition) is 3. The van der Waals surface area contributed by atoms with Gasteiger partial charge in [-0.05, 0) is 18.9 Å². The largest absolute Gasteiger partial charge is 0.503 e. The second-order valence-corrected chi connectivity index (χ2v) is 8.45. The molecule has 2 fully saturated rings. The normalized spacial score (nSPS) is 24.3. The molecule has 0 aliphatic carbocycles. The van der Waals surface area contributed by atoms with E-state index in [9.17, 15) is 28.3 Å². The summed E-state index contributed by atoms with van der Waals surface area (Å²) in [5.41, 5.74) is 4.30. The molecule has 4 N–H and O–H groups in total. The molecule has 3 aliphatic heterocycles. The first-order valence-corrected chi connectivity index (χ1v) is 10.2. The summed E-state index contributed by atoms with van der Waals surface area (Å²) in [5.74, 6) is -3.76. The number of pyridine rings is 1. The van der Waals surface area contributed by atoms with Crippen molar-refractivity contribution in [1.82, 2.24) is 19.7 Å². The van der Waals surface area contributed by atoms with Crippen molar-refractivity contribution in [3.63, 3.8) is 0 Å². The van der Waals surface area contributed by atoms with Gasteiger partial charge in [0.05, 0.1) is 18.8 Å². The third-order valence-electron chi connectivity index (χ3n) is 6.52. The molecule has 2 aromatic rings. The Morgan fingerprint density at radius 1 is 1.31 bits per heavy atom. The molecule has 9 nitrogen and oxygen atoms in total. The van der Waals surface area contributed by atoms with Gasteiger partial charge in [-0.1, -0.05) is 6.07 Å². The van der Waals surface area contributed by atoms with Gasteiger partial charge in [-0.3, -0.25) is 19.3 Å². The maximum atomic E-state index is 13.8. The Morgan fingerprint density at radius 2 is 2.09 bits per heavy atom. The number of rotatable bonds is 3. The number of aromatic nitrogens is 1. The Bertz CT molecular complexity index is 1220. The van der Waals surface area contributed by atoms with Gasteiger partial charge in [0, 0.05) is 30.9 Å². The van der Waals surface area contributed by atoms with E-state index in [1.165, 1.54) is 16.8 Å². The van der Waals surface area contributed by atoms with Crippen molar-refractivity contribution in [2.24, 2.45) is 5.73 Å². The van der Waals surface area contributed by atoms with Crippen LogP contribution in [0.3, 0.4) is 0 Å². The van der Waals surface area contributed by atoms with Gasteiger partial charge in [-0.25, -0.2) is 8.78 Å². The summed E-state index contributed by atoms with van der Waals surface area (Å²) < 4.78 is 28.3. The Hall–Kier alpha value is -3.31. The smallest absolute Gasteiger partial charge is 0.275 e. The summed E-state index contributed by atoms with van der Waals surface area (Å²) in [6.45, 7) is 0.977. The van der Waals surface area contributed by atoms with Crippen LogP contribution in [0.2, 0.25) is 0 Å². The maximum Gasteiger partial charge on any atom is 0.275 e. The van der Waals surface area contributed by atoms with E-state index in [0.29, 0.717) is 12.6 Å². The van der Waals surface area contributed by atoms with Crippen molar-refractivity contribution < 1.29 is 23.5 Å². The van der Waals surface area contributed by atoms with Gasteiger partial charge in [0.25, 0.3) is 11.8 Å².